The van der Waals surface area contributed by atoms with Crippen LogP contribution >= 0.6 is 0 Å². The summed E-state index contributed by atoms with van der Waals surface area (Å²) in [7, 11) is 3.63. The third kappa shape index (κ3) is 4.59. The number of aliphatic hydroxyl groups is 1. The van der Waals surface area contributed by atoms with E-state index in [9.17, 15) is 15.0 Å². The molecule has 1 fully saturated rings. The first-order valence-corrected chi connectivity index (χ1v) is 11.9. The second kappa shape index (κ2) is 10.00. The number of carbonyl (C=O) groups excluding carboxylic acids is 1. The molecule has 0 saturated carbocycles. The minimum Gasteiger partial charge on any atom is -0.508 e. The number of phenolic OH excluding ortho intramolecular Hbond substituents is 1. The molecule has 5 heteroatoms. The summed E-state index contributed by atoms with van der Waals surface area (Å²) in [4.78, 5) is 17.8. The first-order chi connectivity index (χ1) is 16.4. The normalized spacial score (nSPS) is 16.2. The number of aromatic hydroxyl groups is 1. The van der Waals surface area contributed by atoms with E-state index in [0.29, 0.717) is 37.9 Å². The Morgan fingerprint density at radius 2 is 1.38 bits per heavy atom. The van der Waals surface area contributed by atoms with Crippen molar-refractivity contribution in [3.8, 4) is 5.75 Å². The summed E-state index contributed by atoms with van der Waals surface area (Å²) in [5, 5.41) is 21.5. The summed E-state index contributed by atoms with van der Waals surface area (Å²) in [6, 6.07) is 27.1. The lowest BCUT2D eigenvalue weighted by atomic mass is 9.70. The highest BCUT2D eigenvalue weighted by molar-refractivity contribution is 5.91. The third-order valence-corrected chi connectivity index (χ3v) is 7.20. The van der Waals surface area contributed by atoms with E-state index in [0.717, 1.165) is 17.7 Å². The number of nitrogens with zero attached hydrogens (tertiary/aromatic N) is 2. The van der Waals surface area contributed by atoms with Crippen molar-refractivity contribution in [1.82, 2.24) is 9.80 Å². The second-order valence-corrected chi connectivity index (χ2v) is 9.48. The highest BCUT2D eigenvalue weighted by atomic mass is 16.3. The number of hydrogen-bond acceptors (Lipinski definition) is 4. The number of carbonyl (C=O) groups is 1. The van der Waals surface area contributed by atoms with Gasteiger partial charge in [0.2, 0.25) is 5.91 Å². The maximum absolute atomic E-state index is 13.8. The number of rotatable bonds is 7. The van der Waals surface area contributed by atoms with Gasteiger partial charge in [-0.1, -0.05) is 78.9 Å². The Bertz CT molecular complexity index is 1050. The molecule has 34 heavy (non-hydrogen) atoms. The van der Waals surface area contributed by atoms with Crippen molar-refractivity contribution < 1.29 is 15.0 Å². The zero-order chi connectivity index (χ0) is 24.2. The van der Waals surface area contributed by atoms with E-state index in [-0.39, 0.29) is 11.7 Å². The minimum absolute atomic E-state index is 0.0626. The molecule has 0 radical (unpaired) electrons. The monoisotopic (exact) mass is 458 g/mol. The van der Waals surface area contributed by atoms with Gasteiger partial charge in [-0.2, -0.15) is 0 Å². The maximum Gasteiger partial charge on any atom is 0.237 e. The van der Waals surface area contributed by atoms with Gasteiger partial charge < -0.3 is 20.0 Å². The van der Waals surface area contributed by atoms with Gasteiger partial charge in [0.1, 0.15) is 11.2 Å². The van der Waals surface area contributed by atoms with Crippen LogP contribution < -0.4 is 0 Å². The molecule has 0 unspecified atom stereocenters. The second-order valence-electron chi connectivity index (χ2n) is 9.48. The Morgan fingerprint density at radius 3 is 1.88 bits per heavy atom. The fourth-order valence-electron chi connectivity index (χ4n) is 5.25. The van der Waals surface area contributed by atoms with Gasteiger partial charge in [0.05, 0.1) is 5.60 Å². The Hall–Kier alpha value is -3.15. The molecule has 0 atom stereocenters. The molecule has 1 aliphatic heterocycles. The van der Waals surface area contributed by atoms with Gasteiger partial charge in [0, 0.05) is 32.7 Å². The molecule has 2 N–H and O–H groups in total. The molecule has 0 spiro atoms. The first-order valence-electron chi connectivity index (χ1n) is 11.9. The highest BCUT2D eigenvalue weighted by Crippen LogP contribution is 2.40. The molecule has 1 saturated heterocycles. The molecule has 3 aromatic carbocycles. The topological polar surface area (TPSA) is 64.0 Å². The van der Waals surface area contributed by atoms with Gasteiger partial charge >= 0.3 is 0 Å². The highest BCUT2D eigenvalue weighted by Gasteiger charge is 2.44. The number of para-hydroxylation sites is 1. The summed E-state index contributed by atoms with van der Waals surface area (Å²) in [5.41, 5.74) is 0.750. The summed E-state index contributed by atoms with van der Waals surface area (Å²) in [6.45, 7) is 2.11. The number of benzene rings is 3. The summed E-state index contributed by atoms with van der Waals surface area (Å²) < 4.78 is 0. The van der Waals surface area contributed by atoms with Crippen molar-refractivity contribution in [2.45, 2.75) is 30.3 Å². The van der Waals surface area contributed by atoms with Crippen molar-refractivity contribution in [2.24, 2.45) is 0 Å². The standard InChI is InChI=1S/C29H34N2O3/c1-30(2)27(33)29(23-11-5-3-6-12-23,24-13-7-4-8-14-24)19-22-31-20-17-28(34,18-21-31)25-15-9-10-16-26(25)32/h3-16,32,34H,17-22H2,1-2H3. The van der Waals surface area contributed by atoms with Crippen molar-refractivity contribution in [3.05, 3.63) is 102 Å². The predicted molar refractivity (Wildman–Crippen MR) is 135 cm³/mol. The number of likely N-dealkylation sites (tertiary alicyclic amines) is 1. The van der Waals surface area contributed by atoms with Gasteiger partial charge in [-0.15, -0.1) is 0 Å². The van der Waals surface area contributed by atoms with Gasteiger partial charge in [-0.3, -0.25) is 4.79 Å². The number of amides is 1. The predicted octanol–water partition coefficient (Wildman–Crippen LogP) is 4.14. The van der Waals surface area contributed by atoms with Gasteiger partial charge in [-0.25, -0.2) is 0 Å². The number of likely N-dealkylation sites (N-methyl/N-ethyl adjacent to an activating group) is 1. The van der Waals surface area contributed by atoms with Crippen LogP contribution in [-0.4, -0.2) is 59.6 Å². The zero-order valence-electron chi connectivity index (χ0n) is 20.0. The molecule has 1 aliphatic rings. The Balaban J connectivity index is 1.59. The van der Waals surface area contributed by atoms with Crippen LogP contribution in [0.1, 0.15) is 36.0 Å². The van der Waals surface area contributed by atoms with E-state index in [1.54, 1.807) is 23.1 Å². The Morgan fingerprint density at radius 1 is 0.882 bits per heavy atom. The fourth-order valence-corrected chi connectivity index (χ4v) is 5.25. The average Bonchev–Trinajstić information content (AvgIpc) is 2.87. The SMILES string of the molecule is CN(C)C(=O)C(CCN1CCC(O)(c2ccccc2O)CC1)(c1ccccc1)c1ccccc1. The minimum atomic E-state index is -1.03. The lowest BCUT2D eigenvalue weighted by molar-refractivity contribution is -0.133. The zero-order valence-corrected chi connectivity index (χ0v) is 20.0. The third-order valence-electron chi connectivity index (χ3n) is 7.20. The molecule has 1 amide bonds. The summed E-state index contributed by atoms with van der Waals surface area (Å²) >= 11 is 0. The first kappa shape index (κ1) is 24.0. The molecule has 4 rings (SSSR count). The molecule has 0 bridgehead atoms. The quantitative estimate of drug-likeness (QED) is 0.559. The van der Waals surface area contributed by atoms with Crippen LogP contribution in [0.15, 0.2) is 84.9 Å². The van der Waals surface area contributed by atoms with Crippen molar-refractivity contribution in [2.75, 3.05) is 33.7 Å². The molecule has 5 nitrogen and oxygen atoms in total. The van der Waals surface area contributed by atoms with E-state index >= 15 is 0 Å². The van der Waals surface area contributed by atoms with E-state index < -0.39 is 11.0 Å². The maximum atomic E-state index is 13.8. The van der Waals surface area contributed by atoms with Crippen LogP contribution in [0.3, 0.4) is 0 Å². The van der Waals surface area contributed by atoms with Crippen molar-refractivity contribution in [3.63, 3.8) is 0 Å². The molecular formula is C29H34N2O3. The van der Waals surface area contributed by atoms with E-state index in [1.807, 2.05) is 80.8 Å². The summed E-state index contributed by atoms with van der Waals surface area (Å²) in [6.07, 6.45) is 1.71. The molecule has 0 aromatic heterocycles. The number of hydrogen-bond donors (Lipinski definition) is 2. The van der Waals surface area contributed by atoms with Crippen molar-refractivity contribution in [1.29, 1.82) is 0 Å². The van der Waals surface area contributed by atoms with Crippen LogP contribution in [0, 0.1) is 0 Å². The van der Waals surface area contributed by atoms with E-state index in [4.69, 9.17) is 0 Å². The number of piperidine rings is 1. The number of phenols is 1. The average molecular weight is 459 g/mol. The summed E-state index contributed by atoms with van der Waals surface area (Å²) in [5.74, 6) is 0.204. The van der Waals surface area contributed by atoms with Crippen LogP contribution in [0.25, 0.3) is 0 Å². The Kier molecular flexibility index (Phi) is 7.05. The van der Waals surface area contributed by atoms with Gasteiger partial charge in [-0.05, 0) is 43.0 Å². The van der Waals surface area contributed by atoms with Crippen LogP contribution in [0.4, 0.5) is 0 Å². The van der Waals surface area contributed by atoms with E-state index in [2.05, 4.69) is 4.90 Å². The molecule has 178 valence electrons. The van der Waals surface area contributed by atoms with Crippen molar-refractivity contribution >= 4 is 5.91 Å². The van der Waals surface area contributed by atoms with Crippen LogP contribution in [0.2, 0.25) is 0 Å². The van der Waals surface area contributed by atoms with Crippen LogP contribution in [-0.2, 0) is 15.8 Å². The van der Waals surface area contributed by atoms with Crippen LogP contribution in [0.5, 0.6) is 5.75 Å². The Labute approximate surface area is 202 Å². The molecule has 0 aliphatic carbocycles. The fraction of sp³-hybridized carbons (Fsp3) is 0.345. The molecule has 3 aromatic rings. The molecular weight excluding hydrogens is 424 g/mol. The lowest BCUT2D eigenvalue weighted by Crippen LogP contribution is -2.48. The van der Waals surface area contributed by atoms with Gasteiger partial charge in [0.25, 0.3) is 0 Å². The lowest BCUT2D eigenvalue weighted by Gasteiger charge is -2.41. The largest absolute Gasteiger partial charge is 0.508 e. The van der Waals surface area contributed by atoms with E-state index in [1.165, 1.54) is 0 Å². The van der Waals surface area contributed by atoms with Gasteiger partial charge in [0.15, 0.2) is 0 Å². The molecule has 1 heterocycles. The smallest absolute Gasteiger partial charge is 0.237 e.